The van der Waals surface area contributed by atoms with E-state index in [1.807, 2.05) is 12.1 Å². The summed E-state index contributed by atoms with van der Waals surface area (Å²) in [4.78, 5) is 0. The molecule has 1 saturated carbocycles. The molecule has 3 heteroatoms. The third-order valence-electron chi connectivity index (χ3n) is 3.90. The van der Waals surface area contributed by atoms with Crippen molar-refractivity contribution in [1.29, 1.82) is 0 Å². The first kappa shape index (κ1) is 14.0. The van der Waals surface area contributed by atoms with E-state index in [1.165, 1.54) is 29.7 Å². The second-order valence-corrected chi connectivity index (χ2v) is 6.71. The third-order valence-corrected chi connectivity index (χ3v) is 5.01. The Bertz CT molecular complexity index is 605. The van der Waals surface area contributed by atoms with Crippen LogP contribution in [0.15, 0.2) is 46.9 Å². The Morgan fingerprint density at radius 1 is 1.15 bits per heavy atom. The van der Waals surface area contributed by atoms with Crippen LogP contribution in [-0.4, -0.2) is 0 Å². The molecule has 0 spiro atoms. The maximum Gasteiger partial charge on any atom is 0.0542 e. The molecule has 0 bridgehead atoms. The van der Waals surface area contributed by atoms with E-state index in [1.54, 1.807) is 0 Å². The fourth-order valence-electron chi connectivity index (χ4n) is 2.50. The van der Waals surface area contributed by atoms with Gasteiger partial charge in [0.1, 0.15) is 0 Å². The molecule has 1 aliphatic rings. The molecule has 1 atom stereocenters. The number of anilines is 1. The molecule has 1 fully saturated rings. The molecule has 3 rings (SSSR count). The quantitative estimate of drug-likeness (QED) is 0.716. The molecule has 1 unspecified atom stereocenters. The van der Waals surface area contributed by atoms with Crippen molar-refractivity contribution in [2.75, 3.05) is 5.32 Å². The summed E-state index contributed by atoms with van der Waals surface area (Å²) in [5.41, 5.74) is 3.77. The van der Waals surface area contributed by atoms with Crippen LogP contribution in [0.2, 0.25) is 5.02 Å². The van der Waals surface area contributed by atoms with Crippen LogP contribution in [0.1, 0.15) is 30.0 Å². The van der Waals surface area contributed by atoms with Crippen LogP contribution in [0.4, 0.5) is 5.69 Å². The molecular weight excluding hydrogens is 334 g/mol. The van der Waals surface area contributed by atoms with E-state index in [0.29, 0.717) is 6.04 Å². The van der Waals surface area contributed by atoms with E-state index < -0.39 is 0 Å². The Labute approximate surface area is 133 Å². The van der Waals surface area contributed by atoms with Crippen molar-refractivity contribution >= 4 is 33.2 Å². The highest BCUT2D eigenvalue weighted by Crippen LogP contribution is 2.43. The van der Waals surface area contributed by atoms with E-state index in [9.17, 15) is 0 Å². The minimum absolute atomic E-state index is 0.375. The van der Waals surface area contributed by atoms with Gasteiger partial charge in [0.15, 0.2) is 0 Å². The summed E-state index contributed by atoms with van der Waals surface area (Å²) in [7, 11) is 0. The van der Waals surface area contributed by atoms with Gasteiger partial charge in [0.05, 0.1) is 6.04 Å². The van der Waals surface area contributed by atoms with Gasteiger partial charge in [0.25, 0.3) is 0 Å². The van der Waals surface area contributed by atoms with Crippen molar-refractivity contribution in [3.8, 4) is 0 Å². The molecule has 0 amide bonds. The molecule has 2 aromatic carbocycles. The standard InChI is InChI=1S/C17H17BrClN/c1-11-15(18)3-2-4-16(11)20-17(12-5-6-12)13-7-9-14(19)10-8-13/h2-4,7-10,12,17,20H,5-6H2,1H3. The van der Waals surface area contributed by atoms with E-state index >= 15 is 0 Å². The van der Waals surface area contributed by atoms with Gasteiger partial charge in [-0.3, -0.25) is 0 Å². The second-order valence-electron chi connectivity index (χ2n) is 5.42. The lowest BCUT2D eigenvalue weighted by Gasteiger charge is -2.22. The van der Waals surface area contributed by atoms with Crippen molar-refractivity contribution < 1.29 is 0 Å². The Morgan fingerprint density at radius 2 is 1.85 bits per heavy atom. The normalized spacial score (nSPS) is 15.9. The Hall–Kier alpha value is -0.990. The fourth-order valence-corrected chi connectivity index (χ4v) is 3.00. The van der Waals surface area contributed by atoms with Crippen LogP contribution < -0.4 is 5.32 Å². The van der Waals surface area contributed by atoms with Crippen molar-refractivity contribution in [1.82, 2.24) is 0 Å². The molecule has 1 aliphatic carbocycles. The summed E-state index contributed by atoms with van der Waals surface area (Å²) in [5.74, 6) is 0.731. The number of rotatable bonds is 4. The van der Waals surface area contributed by atoms with Gasteiger partial charge in [-0.1, -0.05) is 45.7 Å². The average Bonchev–Trinajstić information content (AvgIpc) is 3.26. The molecule has 2 aromatic rings. The molecule has 1 N–H and O–H groups in total. The summed E-state index contributed by atoms with van der Waals surface area (Å²) in [6.07, 6.45) is 2.60. The molecule has 0 aromatic heterocycles. The molecule has 104 valence electrons. The molecular formula is C17H17BrClN. The van der Waals surface area contributed by atoms with Gasteiger partial charge in [-0.05, 0) is 61.1 Å². The Morgan fingerprint density at radius 3 is 2.50 bits per heavy atom. The zero-order chi connectivity index (χ0) is 14.1. The van der Waals surface area contributed by atoms with Crippen LogP contribution in [0.5, 0.6) is 0 Å². The zero-order valence-electron chi connectivity index (χ0n) is 11.4. The second kappa shape index (κ2) is 5.79. The summed E-state index contributed by atoms with van der Waals surface area (Å²) in [6, 6.07) is 14.9. The maximum atomic E-state index is 5.99. The zero-order valence-corrected chi connectivity index (χ0v) is 13.7. The minimum Gasteiger partial charge on any atom is -0.378 e. The average molecular weight is 351 g/mol. The van der Waals surface area contributed by atoms with Crippen LogP contribution >= 0.6 is 27.5 Å². The van der Waals surface area contributed by atoms with Crippen molar-refractivity contribution in [2.24, 2.45) is 5.92 Å². The predicted octanol–water partition coefficient (Wildman–Crippen LogP) is 5.97. The molecule has 0 heterocycles. The topological polar surface area (TPSA) is 12.0 Å². The van der Waals surface area contributed by atoms with Crippen LogP contribution in [-0.2, 0) is 0 Å². The molecule has 20 heavy (non-hydrogen) atoms. The van der Waals surface area contributed by atoms with Gasteiger partial charge in [-0.2, -0.15) is 0 Å². The number of hydrogen-bond donors (Lipinski definition) is 1. The van der Waals surface area contributed by atoms with Crippen molar-refractivity contribution in [2.45, 2.75) is 25.8 Å². The first-order chi connectivity index (χ1) is 9.65. The highest BCUT2D eigenvalue weighted by molar-refractivity contribution is 9.10. The summed E-state index contributed by atoms with van der Waals surface area (Å²) < 4.78 is 1.15. The first-order valence-electron chi connectivity index (χ1n) is 6.92. The number of hydrogen-bond acceptors (Lipinski definition) is 1. The van der Waals surface area contributed by atoms with Crippen molar-refractivity contribution in [3.05, 3.63) is 63.1 Å². The van der Waals surface area contributed by atoms with Crippen LogP contribution in [0, 0.1) is 12.8 Å². The third kappa shape index (κ3) is 3.02. The number of nitrogens with one attached hydrogen (secondary N) is 1. The minimum atomic E-state index is 0.375. The van der Waals surface area contributed by atoms with E-state index in [2.05, 4.69) is 58.5 Å². The Kier molecular flexibility index (Phi) is 4.04. The lowest BCUT2D eigenvalue weighted by atomic mass is 10.0. The fraction of sp³-hybridized carbons (Fsp3) is 0.294. The number of halogens is 2. The van der Waals surface area contributed by atoms with E-state index in [-0.39, 0.29) is 0 Å². The molecule has 0 radical (unpaired) electrons. The highest BCUT2D eigenvalue weighted by atomic mass is 79.9. The largest absolute Gasteiger partial charge is 0.378 e. The van der Waals surface area contributed by atoms with E-state index in [4.69, 9.17) is 11.6 Å². The Balaban J connectivity index is 1.88. The monoisotopic (exact) mass is 349 g/mol. The first-order valence-corrected chi connectivity index (χ1v) is 8.09. The summed E-state index contributed by atoms with van der Waals surface area (Å²) >= 11 is 9.59. The SMILES string of the molecule is Cc1c(Br)cccc1NC(c1ccc(Cl)cc1)C1CC1. The van der Waals surface area contributed by atoms with Crippen LogP contribution in [0.3, 0.4) is 0 Å². The molecule has 1 nitrogen and oxygen atoms in total. The molecule has 0 saturated heterocycles. The van der Waals surface area contributed by atoms with Gasteiger partial charge in [0.2, 0.25) is 0 Å². The predicted molar refractivity (Wildman–Crippen MR) is 89.4 cm³/mol. The summed E-state index contributed by atoms with van der Waals surface area (Å²) in [5, 5.41) is 4.51. The maximum absolute atomic E-state index is 5.99. The van der Waals surface area contributed by atoms with Crippen molar-refractivity contribution in [3.63, 3.8) is 0 Å². The smallest absolute Gasteiger partial charge is 0.0542 e. The van der Waals surface area contributed by atoms with Gasteiger partial charge in [-0.25, -0.2) is 0 Å². The lowest BCUT2D eigenvalue weighted by molar-refractivity contribution is 0.678. The van der Waals surface area contributed by atoms with Gasteiger partial charge < -0.3 is 5.32 Å². The van der Waals surface area contributed by atoms with Gasteiger partial charge >= 0.3 is 0 Å². The van der Waals surface area contributed by atoms with Gasteiger partial charge in [0, 0.05) is 15.2 Å². The lowest BCUT2D eigenvalue weighted by Crippen LogP contribution is -2.13. The number of benzene rings is 2. The molecule has 0 aliphatic heterocycles. The van der Waals surface area contributed by atoms with Gasteiger partial charge in [-0.15, -0.1) is 0 Å². The van der Waals surface area contributed by atoms with E-state index in [0.717, 1.165) is 15.4 Å². The highest BCUT2D eigenvalue weighted by Gasteiger charge is 2.32. The summed E-state index contributed by atoms with van der Waals surface area (Å²) in [6.45, 7) is 2.14. The van der Waals surface area contributed by atoms with Crippen LogP contribution in [0.25, 0.3) is 0 Å².